The van der Waals surface area contributed by atoms with Crippen molar-refractivity contribution in [1.82, 2.24) is 9.88 Å². The van der Waals surface area contributed by atoms with Crippen LogP contribution in [0.5, 0.6) is 0 Å². The van der Waals surface area contributed by atoms with Gasteiger partial charge in [0.1, 0.15) is 0 Å². The van der Waals surface area contributed by atoms with Gasteiger partial charge >= 0.3 is 0 Å². The van der Waals surface area contributed by atoms with E-state index in [9.17, 15) is 4.79 Å². The van der Waals surface area contributed by atoms with Gasteiger partial charge in [0, 0.05) is 24.0 Å². The van der Waals surface area contributed by atoms with Crippen LogP contribution < -0.4 is 0 Å². The van der Waals surface area contributed by atoms with Crippen molar-refractivity contribution >= 4 is 29.0 Å². The summed E-state index contributed by atoms with van der Waals surface area (Å²) in [6.07, 6.45) is 0.217. The maximum Gasteiger partial charge on any atom is 0.233 e. The van der Waals surface area contributed by atoms with Gasteiger partial charge in [-0.15, -0.1) is 11.3 Å². The zero-order valence-corrected chi connectivity index (χ0v) is 14.9. The summed E-state index contributed by atoms with van der Waals surface area (Å²) in [5.74, 6) is 0.592. The lowest BCUT2D eigenvalue weighted by molar-refractivity contribution is -0.140. The monoisotopic (exact) mass is 348 g/mol. The first kappa shape index (κ1) is 16.5. The van der Waals surface area contributed by atoms with Crippen LogP contribution in [-0.4, -0.2) is 46.8 Å². The predicted octanol–water partition coefficient (Wildman–Crippen LogP) is 3.54. The Kier molecular flexibility index (Phi) is 5.35. The van der Waals surface area contributed by atoms with Crippen LogP contribution in [0.15, 0.2) is 40.1 Å². The van der Waals surface area contributed by atoms with Gasteiger partial charge in [-0.2, -0.15) is 0 Å². The molecule has 1 amide bonds. The van der Waals surface area contributed by atoms with Crippen molar-refractivity contribution < 1.29 is 9.53 Å². The molecule has 0 N–H and O–H groups in total. The van der Waals surface area contributed by atoms with Crippen LogP contribution in [0.2, 0.25) is 0 Å². The third-order valence-corrected chi connectivity index (χ3v) is 5.65. The van der Waals surface area contributed by atoms with Gasteiger partial charge in [-0.05, 0) is 13.8 Å². The number of carbonyl (C=O) groups is 1. The number of ether oxygens (including phenoxy) is 1. The first-order valence-electron chi connectivity index (χ1n) is 7.69. The topological polar surface area (TPSA) is 42.4 Å². The van der Waals surface area contributed by atoms with E-state index in [2.05, 4.69) is 4.98 Å². The lowest BCUT2D eigenvalue weighted by Gasteiger charge is -2.35. The number of thioether (sulfide) groups is 1. The molecule has 1 aliphatic rings. The molecule has 0 radical (unpaired) electrons. The van der Waals surface area contributed by atoms with Gasteiger partial charge in [-0.3, -0.25) is 4.79 Å². The molecule has 1 aromatic carbocycles. The summed E-state index contributed by atoms with van der Waals surface area (Å²) in [5.41, 5.74) is 2.08. The molecule has 4 nitrogen and oxygen atoms in total. The minimum absolute atomic E-state index is 0.109. The van der Waals surface area contributed by atoms with Crippen molar-refractivity contribution in [2.75, 3.05) is 18.8 Å². The fraction of sp³-hybridized carbons (Fsp3) is 0.412. The van der Waals surface area contributed by atoms with Crippen LogP contribution in [0.25, 0.3) is 11.3 Å². The molecule has 6 heteroatoms. The molecule has 1 aromatic heterocycles. The SMILES string of the molecule is C[C@@H]1CN(C(=O)CSc2nc(-c3ccccc3)cs2)C[C@H](C)O1. The average Bonchev–Trinajstić information content (AvgIpc) is 3.01. The molecular weight excluding hydrogens is 328 g/mol. The Morgan fingerprint density at radius 1 is 1.30 bits per heavy atom. The standard InChI is InChI=1S/C17H20N2O2S2/c1-12-8-19(9-13(2)21-12)16(20)11-23-17-18-15(10-22-17)14-6-4-3-5-7-14/h3-7,10,12-13H,8-9,11H2,1-2H3/t12-,13+. The van der Waals surface area contributed by atoms with Gasteiger partial charge in [0.2, 0.25) is 5.91 Å². The number of hydrogen-bond acceptors (Lipinski definition) is 5. The van der Waals surface area contributed by atoms with Crippen molar-refractivity contribution in [2.45, 2.75) is 30.4 Å². The van der Waals surface area contributed by atoms with Crippen LogP contribution in [-0.2, 0) is 9.53 Å². The van der Waals surface area contributed by atoms with E-state index in [1.807, 2.05) is 54.5 Å². The van der Waals surface area contributed by atoms with E-state index < -0.39 is 0 Å². The summed E-state index contributed by atoms with van der Waals surface area (Å²) in [6, 6.07) is 10.1. The number of hydrogen-bond donors (Lipinski definition) is 0. The van der Waals surface area contributed by atoms with Crippen LogP contribution in [0, 0.1) is 0 Å². The third kappa shape index (κ3) is 4.34. The summed E-state index contributed by atoms with van der Waals surface area (Å²) in [7, 11) is 0. The molecule has 2 atom stereocenters. The summed E-state index contributed by atoms with van der Waals surface area (Å²) in [4.78, 5) is 18.9. The molecule has 122 valence electrons. The van der Waals surface area contributed by atoms with E-state index in [1.165, 1.54) is 11.8 Å². The van der Waals surface area contributed by atoms with Crippen molar-refractivity contribution in [2.24, 2.45) is 0 Å². The van der Waals surface area contributed by atoms with Crippen molar-refractivity contribution in [3.8, 4) is 11.3 Å². The van der Waals surface area contributed by atoms with Crippen LogP contribution in [0.4, 0.5) is 0 Å². The molecule has 1 fully saturated rings. The second kappa shape index (κ2) is 7.47. The molecule has 1 saturated heterocycles. The summed E-state index contributed by atoms with van der Waals surface area (Å²) in [5, 5.41) is 2.04. The van der Waals surface area contributed by atoms with Crippen molar-refractivity contribution in [3.05, 3.63) is 35.7 Å². The van der Waals surface area contributed by atoms with E-state index in [1.54, 1.807) is 11.3 Å². The Balaban J connectivity index is 1.56. The number of benzene rings is 1. The van der Waals surface area contributed by atoms with Crippen molar-refractivity contribution in [3.63, 3.8) is 0 Å². The number of nitrogens with zero attached hydrogens (tertiary/aromatic N) is 2. The van der Waals surface area contributed by atoms with E-state index in [0.717, 1.165) is 15.6 Å². The molecule has 23 heavy (non-hydrogen) atoms. The number of aromatic nitrogens is 1. The third-order valence-electron chi connectivity index (χ3n) is 3.64. The smallest absolute Gasteiger partial charge is 0.233 e. The highest BCUT2D eigenvalue weighted by atomic mass is 32.2. The number of amides is 1. The second-order valence-electron chi connectivity index (χ2n) is 5.71. The molecule has 1 aliphatic heterocycles. The molecule has 3 rings (SSSR count). The van der Waals surface area contributed by atoms with E-state index in [4.69, 9.17) is 4.74 Å². The van der Waals surface area contributed by atoms with E-state index in [-0.39, 0.29) is 18.1 Å². The highest BCUT2D eigenvalue weighted by Gasteiger charge is 2.25. The first-order chi connectivity index (χ1) is 11.1. The Labute approximate surface area is 144 Å². The highest BCUT2D eigenvalue weighted by molar-refractivity contribution is 8.01. The average molecular weight is 348 g/mol. The molecule has 0 bridgehead atoms. The zero-order valence-electron chi connectivity index (χ0n) is 13.3. The minimum atomic E-state index is 0.109. The Hall–Kier alpha value is -1.37. The lowest BCUT2D eigenvalue weighted by atomic mass is 10.2. The largest absolute Gasteiger partial charge is 0.372 e. The number of rotatable bonds is 4. The molecule has 0 aliphatic carbocycles. The normalized spacial score (nSPS) is 21.4. The summed E-state index contributed by atoms with van der Waals surface area (Å²) < 4.78 is 6.61. The number of morpholine rings is 1. The van der Waals surface area contributed by atoms with Crippen LogP contribution in [0.1, 0.15) is 13.8 Å². The molecule has 0 spiro atoms. The van der Waals surface area contributed by atoms with Gasteiger partial charge in [0.25, 0.3) is 0 Å². The van der Waals surface area contributed by atoms with Crippen LogP contribution in [0.3, 0.4) is 0 Å². The molecular formula is C17H20N2O2S2. The van der Waals surface area contributed by atoms with Crippen LogP contribution >= 0.6 is 23.1 Å². The molecule has 0 saturated carbocycles. The Bertz CT molecular complexity index is 650. The van der Waals surface area contributed by atoms with E-state index in [0.29, 0.717) is 18.8 Å². The van der Waals surface area contributed by atoms with E-state index >= 15 is 0 Å². The Morgan fingerprint density at radius 3 is 2.70 bits per heavy atom. The lowest BCUT2D eigenvalue weighted by Crippen LogP contribution is -2.48. The number of carbonyl (C=O) groups excluding carboxylic acids is 1. The molecule has 2 aromatic rings. The number of thiazole rings is 1. The maximum atomic E-state index is 12.4. The van der Waals surface area contributed by atoms with Crippen molar-refractivity contribution in [1.29, 1.82) is 0 Å². The fourth-order valence-corrected chi connectivity index (χ4v) is 4.40. The molecule has 0 unspecified atom stereocenters. The highest BCUT2D eigenvalue weighted by Crippen LogP contribution is 2.28. The van der Waals surface area contributed by atoms with Gasteiger partial charge in [-0.1, -0.05) is 42.1 Å². The second-order valence-corrected chi connectivity index (χ2v) is 7.79. The summed E-state index contributed by atoms with van der Waals surface area (Å²) in [6.45, 7) is 5.37. The maximum absolute atomic E-state index is 12.4. The Morgan fingerprint density at radius 2 is 2.00 bits per heavy atom. The van der Waals surface area contributed by atoms with Gasteiger partial charge < -0.3 is 9.64 Å². The molecule has 2 heterocycles. The zero-order chi connectivity index (χ0) is 16.2. The van der Waals surface area contributed by atoms with Gasteiger partial charge in [-0.25, -0.2) is 4.98 Å². The summed E-state index contributed by atoms with van der Waals surface area (Å²) >= 11 is 3.11. The predicted molar refractivity (Wildman–Crippen MR) is 94.9 cm³/mol. The quantitative estimate of drug-likeness (QED) is 0.793. The minimum Gasteiger partial charge on any atom is -0.372 e. The van der Waals surface area contributed by atoms with Gasteiger partial charge in [0.15, 0.2) is 4.34 Å². The fourth-order valence-electron chi connectivity index (χ4n) is 2.66. The van der Waals surface area contributed by atoms with Gasteiger partial charge in [0.05, 0.1) is 23.7 Å². The first-order valence-corrected chi connectivity index (χ1v) is 9.55.